The number of ether oxygens (including phenoxy) is 1. The first-order valence-electron chi connectivity index (χ1n) is 15.8. The zero-order valence-corrected chi connectivity index (χ0v) is 27.9. The molecule has 1 aliphatic heterocycles. The van der Waals surface area contributed by atoms with E-state index in [1.165, 1.54) is 25.5 Å². The van der Waals surface area contributed by atoms with Crippen LogP contribution in [0.15, 0.2) is 77.4 Å². The van der Waals surface area contributed by atoms with Crippen molar-refractivity contribution >= 4 is 39.0 Å². The van der Waals surface area contributed by atoms with Crippen LogP contribution in [0.25, 0.3) is 0 Å². The van der Waals surface area contributed by atoms with E-state index in [1.807, 2.05) is 30.3 Å². The van der Waals surface area contributed by atoms with Crippen molar-refractivity contribution in [2.45, 2.75) is 54.4 Å². The summed E-state index contributed by atoms with van der Waals surface area (Å²) in [5.74, 6) is -7.90. The number of carbonyl (C=O) groups excluding carboxylic acids is 2. The molecule has 2 N–H and O–H groups in total. The third-order valence-corrected chi connectivity index (χ3v) is 12.7. The van der Waals surface area contributed by atoms with E-state index < -0.39 is 67.8 Å². The first-order chi connectivity index (χ1) is 23.3. The van der Waals surface area contributed by atoms with Gasteiger partial charge in [-0.25, -0.2) is 26.4 Å². The third kappa shape index (κ3) is 6.94. The van der Waals surface area contributed by atoms with E-state index in [1.54, 1.807) is 5.06 Å². The van der Waals surface area contributed by atoms with Gasteiger partial charge in [-0.05, 0) is 67.7 Å². The topological polar surface area (TPSA) is 122 Å². The monoisotopic (exact) mass is 718 g/mol. The number of halogens is 4. The first-order valence-corrected chi connectivity index (χ1v) is 17.7. The summed E-state index contributed by atoms with van der Waals surface area (Å²) in [4.78, 5) is 31.5. The largest absolute Gasteiger partial charge is 0.466 e. The van der Waals surface area contributed by atoms with E-state index in [2.05, 4.69) is 5.32 Å². The smallest absolute Gasteiger partial charge is 0.337 e. The maximum atomic E-state index is 14.3. The molecule has 4 unspecified atom stereocenters. The van der Waals surface area contributed by atoms with Crippen LogP contribution in [-0.4, -0.2) is 55.0 Å². The summed E-state index contributed by atoms with van der Waals surface area (Å²) in [6.07, 6.45) is 2.87. The number of sulfone groups is 1. The molecule has 260 valence electrons. The molecule has 9 nitrogen and oxygen atoms in total. The third-order valence-electron chi connectivity index (χ3n) is 9.81. The van der Waals surface area contributed by atoms with E-state index in [-0.39, 0.29) is 39.6 Å². The van der Waals surface area contributed by atoms with Crippen molar-refractivity contribution in [3.63, 3.8) is 0 Å². The molecule has 2 bridgehead atoms. The van der Waals surface area contributed by atoms with Gasteiger partial charge in [0.2, 0.25) is 0 Å². The van der Waals surface area contributed by atoms with Crippen LogP contribution in [0.1, 0.15) is 48.0 Å². The Balaban J connectivity index is 1.23. The average molecular weight is 719 g/mol. The van der Waals surface area contributed by atoms with Gasteiger partial charge in [0, 0.05) is 35.8 Å². The average Bonchev–Trinajstić information content (AvgIpc) is 3.22. The van der Waals surface area contributed by atoms with Crippen LogP contribution in [0.3, 0.4) is 0 Å². The lowest BCUT2D eigenvalue weighted by Crippen LogP contribution is -2.51. The number of nitrogens with one attached hydrogen (secondary N) is 1. The molecule has 0 aromatic heterocycles. The predicted molar refractivity (Wildman–Crippen MR) is 173 cm³/mol. The van der Waals surface area contributed by atoms with Crippen LogP contribution < -0.4 is 5.32 Å². The number of carbonyl (C=O) groups is 2. The van der Waals surface area contributed by atoms with Crippen molar-refractivity contribution in [3.05, 3.63) is 106 Å². The Hall–Kier alpha value is -3.91. The van der Waals surface area contributed by atoms with E-state index in [9.17, 15) is 36.3 Å². The minimum Gasteiger partial charge on any atom is -0.466 e. The highest BCUT2D eigenvalue weighted by Gasteiger charge is 2.57. The Bertz CT molecular complexity index is 1870. The standard InChI is InChI=1S/C35H34ClF3N2O7S/c1-47-34(43)25-19-48-41(18-20-5-3-2-4-6-20)12-11-26(25)35(44)16-22-7-8-23(17-35)32(22)49(45,46)30-13-21(9-10-27(30)36)33(42)40-24-14-28(37)31(39)29(38)15-24/h2-6,9-10,13-15,19,22-23,26,32,44H,7-8,11-12,16-18H2,1H3,(H,40,42)/t22-,23?,26?,32?,35?/m0/s1. The molecule has 2 aliphatic carbocycles. The number of fused-ring (bicyclic) bond motifs is 2. The molecular weight excluding hydrogens is 685 g/mol. The van der Waals surface area contributed by atoms with Gasteiger partial charge in [-0.15, -0.1) is 5.06 Å². The van der Waals surface area contributed by atoms with Crippen LogP contribution in [0.4, 0.5) is 18.9 Å². The van der Waals surface area contributed by atoms with Gasteiger partial charge in [0.25, 0.3) is 5.91 Å². The van der Waals surface area contributed by atoms with Gasteiger partial charge in [0.15, 0.2) is 27.3 Å². The van der Waals surface area contributed by atoms with Crippen molar-refractivity contribution in [1.82, 2.24) is 5.06 Å². The number of hydrogen-bond donors (Lipinski definition) is 2. The highest BCUT2D eigenvalue weighted by Crippen LogP contribution is 2.55. The zero-order chi connectivity index (χ0) is 35.1. The van der Waals surface area contributed by atoms with Gasteiger partial charge in [-0.1, -0.05) is 41.9 Å². The second-order valence-corrected chi connectivity index (χ2v) is 15.3. The van der Waals surface area contributed by atoms with E-state index >= 15 is 0 Å². The SMILES string of the molecule is COC(=O)C1=CON(Cc2ccccc2)CCC1C1(O)CC2CC[C@@H](C1)C2S(=O)(=O)c1cc(C(=O)Nc2cc(F)c(F)c(F)c2)ccc1Cl. The molecule has 2 saturated carbocycles. The fraction of sp³-hybridized carbons (Fsp3) is 0.371. The number of hydrogen-bond acceptors (Lipinski definition) is 8. The molecule has 2 fully saturated rings. The molecule has 0 radical (unpaired) electrons. The molecule has 49 heavy (non-hydrogen) atoms. The van der Waals surface area contributed by atoms with Crippen LogP contribution in [0.2, 0.25) is 5.02 Å². The molecule has 14 heteroatoms. The number of methoxy groups -OCH3 is 1. The Morgan fingerprint density at radius 1 is 1.02 bits per heavy atom. The van der Waals surface area contributed by atoms with E-state index in [4.69, 9.17) is 21.2 Å². The number of benzene rings is 3. The van der Waals surface area contributed by atoms with Crippen molar-refractivity contribution in [3.8, 4) is 0 Å². The van der Waals surface area contributed by atoms with Crippen molar-refractivity contribution in [2.24, 2.45) is 17.8 Å². The van der Waals surface area contributed by atoms with Gasteiger partial charge >= 0.3 is 5.97 Å². The van der Waals surface area contributed by atoms with Crippen LogP contribution in [0, 0.1) is 35.2 Å². The summed E-state index contributed by atoms with van der Waals surface area (Å²) in [7, 11) is -2.93. The summed E-state index contributed by atoms with van der Waals surface area (Å²) in [6.45, 7) is 0.829. The molecule has 6 rings (SSSR count). The lowest BCUT2D eigenvalue weighted by atomic mass is 9.67. The van der Waals surface area contributed by atoms with Crippen molar-refractivity contribution in [1.29, 1.82) is 0 Å². The van der Waals surface area contributed by atoms with Crippen LogP contribution in [0.5, 0.6) is 0 Å². The first kappa shape index (κ1) is 34.9. The summed E-state index contributed by atoms with van der Waals surface area (Å²) >= 11 is 6.40. The molecule has 3 aromatic rings. The number of amides is 1. The van der Waals surface area contributed by atoms with Gasteiger partial charge in [-0.2, -0.15) is 0 Å². The molecule has 0 saturated heterocycles. The number of esters is 1. The Morgan fingerprint density at radius 2 is 1.67 bits per heavy atom. The summed E-state index contributed by atoms with van der Waals surface area (Å²) in [6, 6.07) is 14.4. The fourth-order valence-electron chi connectivity index (χ4n) is 7.67. The Morgan fingerprint density at radius 3 is 2.31 bits per heavy atom. The number of hydroxylamine groups is 2. The number of rotatable bonds is 8. The highest BCUT2D eigenvalue weighted by molar-refractivity contribution is 7.92. The van der Waals surface area contributed by atoms with Gasteiger partial charge < -0.3 is 20.0 Å². The highest BCUT2D eigenvalue weighted by atomic mass is 35.5. The van der Waals surface area contributed by atoms with Crippen molar-refractivity contribution < 1.29 is 45.9 Å². The van der Waals surface area contributed by atoms with Crippen LogP contribution in [-0.2, 0) is 30.8 Å². The summed E-state index contributed by atoms with van der Waals surface area (Å²) in [5.41, 5.74) is -0.786. The molecule has 0 spiro atoms. The molecule has 3 aliphatic rings. The molecular formula is C35H34ClF3N2O7S. The number of nitrogens with zero attached hydrogens (tertiary/aromatic N) is 1. The molecule has 1 amide bonds. The molecule has 3 aromatic carbocycles. The molecule has 5 atom stereocenters. The number of aliphatic hydroxyl groups is 1. The van der Waals surface area contributed by atoms with E-state index in [0.717, 1.165) is 11.6 Å². The zero-order valence-electron chi connectivity index (χ0n) is 26.4. The second kappa shape index (κ2) is 13.8. The molecule has 1 heterocycles. The minimum absolute atomic E-state index is 0.0879. The maximum absolute atomic E-state index is 14.3. The fourth-order valence-corrected chi connectivity index (χ4v) is 10.5. The second-order valence-electron chi connectivity index (χ2n) is 12.8. The van der Waals surface area contributed by atoms with Crippen molar-refractivity contribution in [2.75, 3.05) is 19.0 Å². The normalized spacial score (nSPS) is 25.6. The quantitative estimate of drug-likeness (QED) is 0.208. The Kier molecular flexibility index (Phi) is 9.82. The lowest BCUT2D eigenvalue weighted by molar-refractivity contribution is -0.139. The van der Waals surface area contributed by atoms with Gasteiger partial charge in [0.1, 0.15) is 6.26 Å². The van der Waals surface area contributed by atoms with Crippen LogP contribution >= 0.6 is 11.6 Å². The lowest BCUT2D eigenvalue weighted by Gasteiger charge is -2.45. The van der Waals surface area contributed by atoms with E-state index in [0.29, 0.717) is 44.5 Å². The Labute approximate surface area is 286 Å². The maximum Gasteiger partial charge on any atom is 0.337 e. The number of anilines is 1. The minimum atomic E-state index is -4.17. The summed E-state index contributed by atoms with van der Waals surface area (Å²) < 4.78 is 74.4. The predicted octanol–water partition coefficient (Wildman–Crippen LogP) is 6.21. The van der Waals surface area contributed by atoms with Gasteiger partial charge in [0.05, 0.1) is 40.0 Å². The summed E-state index contributed by atoms with van der Waals surface area (Å²) in [5, 5.41) is 15.1. The van der Waals surface area contributed by atoms with Gasteiger partial charge in [-0.3, -0.25) is 4.79 Å².